The second-order valence-corrected chi connectivity index (χ2v) is 10.9. The SMILES string of the molecule is Cc1ccc(C(=O)C2=C(O)C(=O)N(c3nc4ccc(S(C)(=O)=O)cc4s3)C2c2ccccc2)o1. The lowest BCUT2D eigenvalue weighted by Crippen LogP contribution is -2.30. The molecule has 10 heteroatoms. The number of rotatable bonds is 5. The number of carbonyl (C=O) groups is 2. The molecule has 3 heterocycles. The van der Waals surface area contributed by atoms with Gasteiger partial charge in [0.25, 0.3) is 5.91 Å². The number of amides is 1. The molecule has 0 saturated carbocycles. The summed E-state index contributed by atoms with van der Waals surface area (Å²) >= 11 is 1.10. The number of aromatic nitrogens is 1. The van der Waals surface area contributed by atoms with Gasteiger partial charge in [0.15, 0.2) is 26.5 Å². The summed E-state index contributed by atoms with van der Waals surface area (Å²) in [5.41, 5.74) is 0.983. The van der Waals surface area contributed by atoms with Gasteiger partial charge in [-0.3, -0.25) is 14.5 Å². The summed E-state index contributed by atoms with van der Waals surface area (Å²) in [5.74, 6) is -1.52. The molecule has 0 aliphatic carbocycles. The maximum Gasteiger partial charge on any atom is 0.296 e. The number of carbonyl (C=O) groups excluding carboxylic acids is 2. The van der Waals surface area contributed by atoms with E-state index in [-0.39, 0.29) is 21.4 Å². The summed E-state index contributed by atoms with van der Waals surface area (Å²) in [4.78, 5) is 32.5. The van der Waals surface area contributed by atoms with Gasteiger partial charge in [-0.25, -0.2) is 13.4 Å². The fourth-order valence-corrected chi connectivity index (χ4v) is 5.65. The number of furan rings is 1. The zero-order valence-electron chi connectivity index (χ0n) is 18.1. The minimum Gasteiger partial charge on any atom is -0.503 e. The number of nitrogens with zero attached hydrogens (tertiary/aromatic N) is 2. The van der Waals surface area contributed by atoms with Gasteiger partial charge in [-0.15, -0.1) is 0 Å². The monoisotopic (exact) mass is 494 g/mol. The molecule has 4 aromatic rings. The van der Waals surface area contributed by atoms with Gasteiger partial charge in [-0.2, -0.15) is 0 Å². The number of hydrogen-bond donors (Lipinski definition) is 1. The van der Waals surface area contributed by atoms with E-state index in [1.807, 2.05) is 0 Å². The van der Waals surface area contributed by atoms with Gasteiger partial charge in [0.1, 0.15) is 5.76 Å². The number of aliphatic hydroxyl groups is 1. The van der Waals surface area contributed by atoms with Crippen molar-refractivity contribution in [3.63, 3.8) is 0 Å². The van der Waals surface area contributed by atoms with E-state index in [0.717, 1.165) is 17.6 Å². The number of thiazole rings is 1. The smallest absolute Gasteiger partial charge is 0.296 e. The molecule has 0 saturated heterocycles. The topological polar surface area (TPSA) is 118 Å². The highest BCUT2D eigenvalue weighted by molar-refractivity contribution is 7.90. The van der Waals surface area contributed by atoms with E-state index in [0.29, 0.717) is 21.5 Å². The number of ketones is 1. The number of hydrogen-bond acceptors (Lipinski definition) is 8. The van der Waals surface area contributed by atoms with Crippen LogP contribution in [0.3, 0.4) is 0 Å². The molecule has 0 radical (unpaired) electrons. The van der Waals surface area contributed by atoms with Crippen molar-refractivity contribution >= 4 is 48.2 Å². The van der Waals surface area contributed by atoms with Gasteiger partial charge in [0.2, 0.25) is 5.78 Å². The first kappa shape index (κ1) is 22.1. The quantitative estimate of drug-likeness (QED) is 0.409. The van der Waals surface area contributed by atoms with Crippen LogP contribution in [0.4, 0.5) is 5.13 Å². The van der Waals surface area contributed by atoms with E-state index >= 15 is 0 Å². The third-order valence-corrected chi connectivity index (χ3v) is 7.64. The van der Waals surface area contributed by atoms with Crippen LogP contribution >= 0.6 is 11.3 Å². The van der Waals surface area contributed by atoms with Crippen molar-refractivity contribution in [2.24, 2.45) is 0 Å². The lowest BCUT2D eigenvalue weighted by atomic mass is 9.95. The Morgan fingerprint density at radius 1 is 1.12 bits per heavy atom. The summed E-state index contributed by atoms with van der Waals surface area (Å²) in [5, 5.41) is 11.0. The van der Waals surface area contributed by atoms with Crippen molar-refractivity contribution < 1.29 is 27.5 Å². The highest BCUT2D eigenvalue weighted by Crippen LogP contribution is 2.44. The summed E-state index contributed by atoms with van der Waals surface area (Å²) in [6.07, 6.45) is 1.11. The number of aryl methyl sites for hydroxylation is 1. The van der Waals surface area contributed by atoms with Gasteiger partial charge in [0.05, 0.1) is 26.7 Å². The Balaban J connectivity index is 1.66. The maximum atomic E-state index is 13.3. The van der Waals surface area contributed by atoms with Crippen LogP contribution in [0.15, 0.2) is 81.3 Å². The molecular weight excluding hydrogens is 476 g/mol. The van der Waals surface area contributed by atoms with Crippen molar-refractivity contribution in [2.45, 2.75) is 17.9 Å². The molecular formula is C24H18N2O6S2. The largest absolute Gasteiger partial charge is 0.503 e. The molecule has 0 fully saturated rings. The zero-order valence-corrected chi connectivity index (χ0v) is 19.7. The first-order chi connectivity index (χ1) is 16.1. The Morgan fingerprint density at radius 3 is 2.50 bits per heavy atom. The van der Waals surface area contributed by atoms with Crippen molar-refractivity contribution in [3.05, 3.63) is 89.1 Å². The Bertz CT molecular complexity index is 1600. The molecule has 2 aromatic heterocycles. The number of fused-ring (bicyclic) bond motifs is 1. The lowest BCUT2D eigenvalue weighted by Gasteiger charge is -2.24. The fourth-order valence-electron chi connectivity index (χ4n) is 3.90. The van der Waals surface area contributed by atoms with Crippen LogP contribution in [0, 0.1) is 6.92 Å². The molecule has 0 spiro atoms. The van der Waals surface area contributed by atoms with Gasteiger partial charge in [0, 0.05) is 6.26 Å². The van der Waals surface area contributed by atoms with Crippen LogP contribution < -0.4 is 4.90 Å². The van der Waals surface area contributed by atoms with Crippen LogP contribution in [-0.4, -0.2) is 36.5 Å². The minimum atomic E-state index is -3.43. The highest BCUT2D eigenvalue weighted by atomic mass is 32.2. The molecule has 8 nitrogen and oxygen atoms in total. The third kappa shape index (κ3) is 3.61. The summed E-state index contributed by atoms with van der Waals surface area (Å²) in [7, 11) is -3.43. The Kier molecular flexibility index (Phi) is 5.14. The molecule has 1 atom stereocenters. The van der Waals surface area contributed by atoms with Crippen LogP contribution in [0.1, 0.15) is 27.9 Å². The average molecular weight is 495 g/mol. The molecule has 1 unspecified atom stereocenters. The third-order valence-electron chi connectivity index (χ3n) is 5.52. The first-order valence-electron chi connectivity index (χ1n) is 10.2. The first-order valence-corrected chi connectivity index (χ1v) is 12.9. The number of aliphatic hydroxyl groups excluding tert-OH is 1. The summed E-state index contributed by atoms with van der Waals surface area (Å²) in [6.45, 7) is 1.69. The predicted octanol–water partition coefficient (Wildman–Crippen LogP) is 4.38. The van der Waals surface area contributed by atoms with Crippen molar-refractivity contribution in [1.29, 1.82) is 0 Å². The molecule has 5 rings (SSSR count). The molecule has 2 aromatic carbocycles. The van der Waals surface area contributed by atoms with Crippen LogP contribution in [-0.2, 0) is 14.6 Å². The standard InChI is InChI=1S/C24H18N2O6S2/c1-13-8-11-17(32-13)21(27)19-20(14-6-4-3-5-7-14)26(23(29)22(19)28)24-25-16-10-9-15(34(2,30)31)12-18(16)33-24/h3-12,20,28H,1-2H3. The van der Waals surface area contributed by atoms with E-state index in [2.05, 4.69) is 4.98 Å². The average Bonchev–Trinajstić information content (AvgIpc) is 3.49. The predicted molar refractivity (Wildman–Crippen MR) is 127 cm³/mol. The zero-order chi connectivity index (χ0) is 24.2. The van der Waals surface area contributed by atoms with E-state index in [1.165, 1.54) is 23.1 Å². The van der Waals surface area contributed by atoms with Crippen molar-refractivity contribution in [2.75, 3.05) is 11.2 Å². The van der Waals surface area contributed by atoms with Gasteiger partial charge < -0.3 is 9.52 Å². The minimum absolute atomic E-state index is 0.0109. The van der Waals surface area contributed by atoms with Gasteiger partial charge in [-0.05, 0) is 42.8 Å². The molecule has 1 N–H and O–H groups in total. The number of Topliss-reactive ketones (excluding diaryl/α,β-unsaturated/α-hetero) is 1. The van der Waals surface area contributed by atoms with Crippen LogP contribution in [0.2, 0.25) is 0 Å². The Labute approximate surface area is 198 Å². The molecule has 0 bridgehead atoms. The summed E-state index contributed by atoms with van der Waals surface area (Å²) < 4.78 is 29.9. The highest BCUT2D eigenvalue weighted by Gasteiger charge is 2.46. The number of anilines is 1. The van der Waals surface area contributed by atoms with E-state index in [9.17, 15) is 23.1 Å². The van der Waals surface area contributed by atoms with E-state index in [4.69, 9.17) is 4.42 Å². The molecule has 1 amide bonds. The maximum absolute atomic E-state index is 13.3. The van der Waals surface area contributed by atoms with Crippen molar-refractivity contribution in [1.82, 2.24) is 4.98 Å². The second-order valence-electron chi connectivity index (χ2n) is 7.89. The number of sulfone groups is 1. The van der Waals surface area contributed by atoms with E-state index in [1.54, 1.807) is 49.4 Å². The molecule has 172 valence electrons. The van der Waals surface area contributed by atoms with Crippen LogP contribution in [0.5, 0.6) is 0 Å². The normalized spacial score (nSPS) is 16.6. The second kappa shape index (κ2) is 7.93. The lowest BCUT2D eigenvalue weighted by molar-refractivity contribution is -0.117. The summed E-state index contributed by atoms with van der Waals surface area (Å²) in [6, 6.07) is 15.5. The van der Waals surface area contributed by atoms with E-state index < -0.39 is 33.3 Å². The molecule has 1 aliphatic heterocycles. The number of benzene rings is 2. The Hall–Kier alpha value is -3.76. The van der Waals surface area contributed by atoms with Crippen LogP contribution in [0.25, 0.3) is 10.2 Å². The Morgan fingerprint density at radius 2 is 1.85 bits per heavy atom. The molecule has 34 heavy (non-hydrogen) atoms. The molecule has 1 aliphatic rings. The fraction of sp³-hybridized carbons (Fsp3) is 0.125. The van der Waals surface area contributed by atoms with Gasteiger partial charge >= 0.3 is 0 Å². The van der Waals surface area contributed by atoms with Gasteiger partial charge in [-0.1, -0.05) is 41.7 Å². The van der Waals surface area contributed by atoms with Crippen molar-refractivity contribution in [3.8, 4) is 0 Å².